The Bertz CT molecular complexity index is 436. The Balaban J connectivity index is 2.89. The summed E-state index contributed by atoms with van der Waals surface area (Å²) < 4.78 is 36.6. The van der Waals surface area contributed by atoms with Gasteiger partial charge in [0.1, 0.15) is 18.8 Å². The van der Waals surface area contributed by atoms with Crippen molar-refractivity contribution < 1.29 is 27.9 Å². The molecule has 1 N–H and O–H groups in total. The number of amides is 1. The number of rotatable bonds is 4. The van der Waals surface area contributed by atoms with Crippen LogP contribution in [-0.4, -0.2) is 51.1 Å². The van der Waals surface area contributed by atoms with Crippen molar-refractivity contribution in [3.63, 3.8) is 0 Å². The average molecular weight is 263 g/mol. The van der Waals surface area contributed by atoms with Crippen LogP contribution in [0.3, 0.4) is 0 Å². The lowest BCUT2D eigenvalue weighted by Gasteiger charge is -2.21. The highest BCUT2D eigenvalue weighted by Gasteiger charge is 2.34. The fraction of sp³-hybridized carbons (Fsp3) is 0.333. The molecule has 98 valence electrons. The summed E-state index contributed by atoms with van der Waals surface area (Å²) in [5.74, 6) is -2.68. The third kappa shape index (κ3) is 4.36. The van der Waals surface area contributed by atoms with Gasteiger partial charge in [-0.25, -0.2) is 4.98 Å². The topological polar surface area (TPSA) is 83.4 Å². The van der Waals surface area contributed by atoms with Gasteiger partial charge in [-0.05, 0) is 0 Å². The monoisotopic (exact) mass is 263 g/mol. The first-order chi connectivity index (χ1) is 8.29. The summed E-state index contributed by atoms with van der Waals surface area (Å²) in [6.07, 6.45) is -1.36. The molecule has 1 aromatic rings. The molecular weight excluding hydrogens is 255 g/mol. The summed E-state index contributed by atoms with van der Waals surface area (Å²) >= 11 is 0. The molecule has 1 aromatic heterocycles. The van der Waals surface area contributed by atoms with E-state index in [1.54, 1.807) is 0 Å². The number of halogens is 3. The molecule has 0 fully saturated rings. The third-order valence-electron chi connectivity index (χ3n) is 1.77. The minimum atomic E-state index is -4.69. The van der Waals surface area contributed by atoms with Gasteiger partial charge < -0.3 is 10.0 Å². The van der Waals surface area contributed by atoms with Crippen molar-refractivity contribution in [1.29, 1.82) is 0 Å². The lowest BCUT2D eigenvalue weighted by atomic mass is 10.3. The van der Waals surface area contributed by atoms with Crippen LogP contribution in [0.4, 0.5) is 13.2 Å². The molecule has 1 heterocycles. The van der Waals surface area contributed by atoms with Crippen LogP contribution in [0, 0.1) is 0 Å². The van der Waals surface area contributed by atoms with Gasteiger partial charge in [0.25, 0.3) is 5.91 Å². The molecule has 0 aliphatic rings. The maximum Gasteiger partial charge on any atom is 0.406 e. The number of alkyl halides is 3. The van der Waals surface area contributed by atoms with Gasteiger partial charge in [-0.1, -0.05) is 0 Å². The summed E-state index contributed by atoms with van der Waals surface area (Å²) in [4.78, 5) is 29.2. The first-order valence-corrected chi connectivity index (χ1v) is 4.63. The molecule has 0 aromatic carbocycles. The molecule has 1 rings (SSSR count). The van der Waals surface area contributed by atoms with Crippen LogP contribution < -0.4 is 0 Å². The van der Waals surface area contributed by atoms with Crippen LogP contribution >= 0.6 is 0 Å². The molecule has 0 bridgehead atoms. The largest absolute Gasteiger partial charge is 0.480 e. The predicted molar refractivity (Wildman–Crippen MR) is 51.6 cm³/mol. The van der Waals surface area contributed by atoms with Crippen molar-refractivity contribution in [3.05, 3.63) is 24.3 Å². The number of carboxylic acid groups (broad SMARTS) is 1. The summed E-state index contributed by atoms with van der Waals surface area (Å²) in [6, 6.07) is 0. The molecule has 0 atom stereocenters. The number of hydrogen-bond donors (Lipinski definition) is 1. The highest BCUT2D eigenvalue weighted by atomic mass is 19.4. The molecule has 18 heavy (non-hydrogen) atoms. The minimum Gasteiger partial charge on any atom is -0.480 e. The van der Waals surface area contributed by atoms with Gasteiger partial charge in [0.2, 0.25) is 0 Å². The summed E-state index contributed by atoms with van der Waals surface area (Å²) in [7, 11) is 0. The van der Waals surface area contributed by atoms with Gasteiger partial charge in [0.05, 0.1) is 6.20 Å². The van der Waals surface area contributed by atoms with Crippen LogP contribution in [0.2, 0.25) is 0 Å². The van der Waals surface area contributed by atoms with Crippen LogP contribution in [0.15, 0.2) is 18.6 Å². The second-order valence-electron chi connectivity index (χ2n) is 3.26. The number of carbonyl (C=O) groups excluding carboxylic acids is 1. The smallest absolute Gasteiger partial charge is 0.406 e. The van der Waals surface area contributed by atoms with E-state index in [1.165, 1.54) is 6.20 Å². The SMILES string of the molecule is O=C(O)CN(CC(F)(F)F)C(=O)c1cnccn1. The van der Waals surface area contributed by atoms with Crippen LogP contribution in [0.5, 0.6) is 0 Å². The van der Waals surface area contributed by atoms with Gasteiger partial charge in [-0.2, -0.15) is 13.2 Å². The van der Waals surface area contributed by atoms with E-state index in [2.05, 4.69) is 9.97 Å². The van der Waals surface area contributed by atoms with E-state index in [0.717, 1.165) is 12.4 Å². The van der Waals surface area contributed by atoms with Crippen molar-refractivity contribution in [3.8, 4) is 0 Å². The average Bonchev–Trinajstić information content (AvgIpc) is 2.26. The molecule has 0 unspecified atom stereocenters. The van der Waals surface area contributed by atoms with E-state index < -0.39 is 31.1 Å². The van der Waals surface area contributed by atoms with Gasteiger partial charge in [0.15, 0.2) is 0 Å². The van der Waals surface area contributed by atoms with E-state index in [1.807, 2.05) is 0 Å². The van der Waals surface area contributed by atoms with Crippen LogP contribution in [-0.2, 0) is 4.79 Å². The summed E-state index contributed by atoms with van der Waals surface area (Å²) in [5, 5.41) is 8.48. The highest BCUT2D eigenvalue weighted by molar-refractivity contribution is 5.93. The first kappa shape index (κ1) is 13.9. The van der Waals surface area contributed by atoms with Crippen molar-refractivity contribution >= 4 is 11.9 Å². The number of hydrogen-bond acceptors (Lipinski definition) is 4. The van der Waals surface area contributed by atoms with Crippen molar-refractivity contribution in [2.75, 3.05) is 13.1 Å². The third-order valence-corrected chi connectivity index (χ3v) is 1.77. The molecule has 0 aliphatic carbocycles. The van der Waals surface area contributed by atoms with Gasteiger partial charge in [0, 0.05) is 12.4 Å². The van der Waals surface area contributed by atoms with E-state index in [9.17, 15) is 22.8 Å². The standard InChI is InChI=1S/C9H8F3N3O3/c10-9(11,12)5-15(4-7(16)17)8(18)6-3-13-1-2-14-6/h1-3H,4-5H2,(H,16,17). The van der Waals surface area contributed by atoms with Crippen molar-refractivity contribution in [1.82, 2.24) is 14.9 Å². The fourth-order valence-electron chi connectivity index (χ4n) is 1.15. The lowest BCUT2D eigenvalue weighted by molar-refractivity contribution is -0.149. The van der Waals surface area contributed by atoms with E-state index in [4.69, 9.17) is 5.11 Å². The molecular formula is C9H8F3N3O3. The van der Waals surface area contributed by atoms with Crippen LogP contribution in [0.1, 0.15) is 10.5 Å². The Labute approximate surface area is 99.1 Å². The molecule has 0 saturated carbocycles. The van der Waals surface area contributed by atoms with Gasteiger partial charge in [-0.15, -0.1) is 0 Å². The number of nitrogens with zero attached hydrogens (tertiary/aromatic N) is 3. The zero-order valence-corrected chi connectivity index (χ0v) is 8.89. The predicted octanol–water partition coefficient (Wildman–Crippen LogP) is 0.566. The molecule has 9 heteroatoms. The Morgan fingerprint density at radius 3 is 2.44 bits per heavy atom. The van der Waals surface area contributed by atoms with E-state index in [-0.39, 0.29) is 10.6 Å². The second-order valence-corrected chi connectivity index (χ2v) is 3.26. The van der Waals surface area contributed by atoms with Crippen LogP contribution in [0.25, 0.3) is 0 Å². The Kier molecular flexibility index (Phi) is 4.18. The summed E-state index contributed by atoms with van der Waals surface area (Å²) in [5.41, 5.74) is -0.344. The quantitative estimate of drug-likeness (QED) is 0.858. The first-order valence-electron chi connectivity index (χ1n) is 4.63. The van der Waals surface area contributed by atoms with Gasteiger partial charge >= 0.3 is 12.1 Å². The second kappa shape index (κ2) is 5.43. The zero-order chi connectivity index (χ0) is 13.8. The number of aromatic nitrogens is 2. The molecule has 0 radical (unpaired) electrons. The Hall–Kier alpha value is -2.19. The summed E-state index contributed by atoms with van der Waals surface area (Å²) in [6.45, 7) is -2.72. The lowest BCUT2D eigenvalue weighted by Crippen LogP contribution is -2.42. The zero-order valence-electron chi connectivity index (χ0n) is 8.89. The molecule has 1 amide bonds. The number of carboxylic acids is 1. The fourth-order valence-corrected chi connectivity index (χ4v) is 1.15. The molecule has 0 spiro atoms. The van der Waals surface area contributed by atoms with E-state index in [0.29, 0.717) is 0 Å². The number of carbonyl (C=O) groups is 2. The van der Waals surface area contributed by atoms with E-state index >= 15 is 0 Å². The molecule has 0 saturated heterocycles. The normalized spacial score (nSPS) is 11.1. The maximum absolute atomic E-state index is 12.2. The maximum atomic E-state index is 12.2. The Morgan fingerprint density at radius 1 is 1.33 bits per heavy atom. The molecule has 0 aliphatic heterocycles. The van der Waals surface area contributed by atoms with Crippen molar-refractivity contribution in [2.24, 2.45) is 0 Å². The van der Waals surface area contributed by atoms with Crippen molar-refractivity contribution in [2.45, 2.75) is 6.18 Å². The highest BCUT2D eigenvalue weighted by Crippen LogP contribution is 2.17. The number of aliphatic carboxylic acids is 1. The van der Waals surface area contributed by atoms with Gasteiger partial charge in [-0.3, -0.25) is 14.6 Å². The molecule has 6 nitrogen and oxygen atoms in total. The minimum absolute atomic E-state index is 0.145. The Morgan fingerprint density at radius 2 is 2.00 bits per heavy atom.